The van der Waals surface area contributed by atoms with Gasteiger partial charge in [0.2, 0.25) is 0 Å². The molecule has 1 rings (SSSR count). The molecule has 17 heavy (non-hydrogen) atoms. The third-order valence-electron chi connectivity index (χ3n) is 2.31. The molecule has 0 aliphatic carbocycles. The Balaban J connectivity index is 2.55. The van der Waals surface area contributed by atoms with Gasteiger partial charge in [-0.05, 0) is 18.6 Å². The fraction of sp³-hybridized carbons (Fsp3) is 0.500. The molecule has 0 radical (unpaired) electrons. The summed E-state index contributed by atoms with van der Waals surface area (Å²) in [5.41, 5.74) is 0. The van der Waals surface area contributed by atoms with Crippen LogP contribution in [0.3, 0.4) is 0 Å². The van der Waals surface area contributed by atoms with Gasteiger partial charge >= 0.3 is 0 Å². The highest BCUT2D eigenvalue weighted by Gasteiger charge is 2.18. The molecule has 0 amide bonds. The highest BCUT2D eigenvalue weighted by molar-refractivity contribution is 7.91. The van der Waals surface area contributed by atoms with E-state index in [1.807, 2.05) is 6.92 Å². The maximum Gasteiger partial charge on any atom is 0.183 e. The lowest BCUT2D eigenvalue weighted by Crippen LogP contribution is -2.14. The highest BCUT2D eigenvalue weighted by Crippen LogP contribution is 2.15. The van der Waals surface area contributed by atoms with Crippen LogP contribution < -0.4 is 0 Å². The van der Waals surface area contributed by atoms with Crippen LogP contribution in [0, 0.1) is 5.82 Å². The minimum atomic E-state index is -3.58. The second-order valence-corrected chi connectivity index (χ2v) is 5.79. The van der Waals surface area contributed by atoms with Gasteiger partial charge in [0.25, 0.3) is 0 Å². The molecular formula is C12H17FO3S. The van der Waals surface area contributed by atoms with E-state index in [1.165, 1.54) is 18.2 Å². The van der Waals surface area contributed by atoms with E-state index in [0.717, 1.165) is 18.9 Å². The second-order valence-electron chi connectivity index (χ2n) is 3.72. The van der Waals surface area contributed by atoms with E-state index in [9.17, 15) is 12.8 Å². The second kappa shape index (κ2) is 6.71. The lowest BCUT2D eigenvalue weighted by atomic mass is 10.3. The van der Waals surface area contributed by atoms with Crippen molar-refractivity contribution >= 4 is 9.84 Å². The SMILES string of the molecule is CCCCOCCS(=O)(=O)c1ccccc1F. The summed E-state index contributed by atoms with van der Waals surface area (Å²) in [6, 6.07) is 5.39. The Morgan fingerprint density at radius 3 is 2.59 bits per heavy atom. The van der Waals surface area contributed by atoms with Gasteiger partial charge in [0.1, 0.15) is 10.7 Å². The molecule has 5 heteroatoms. The predicted octanol–water partition coefficient (Wildman–Crippen LogP) is 2.42. The van der Waals surface area contributed by atoms with Crippen molar-refractivity contribution in [2.45, 2.75) is 24.7 Å². The van der Waals surface area contributed by atoms with Crippen molar-refractivity contribution in [2.75, 3.05) is 19.0 Å². The Bertz CT molecular complexity index is 443. The first kappa shape index (κ1) is 14.1. The Morgan fingerprint density at radius 2 is 1.94 bits per heavy atom. The quantitative estimate of drug-likeness (QED) is 0.707. The molecule has 0 unspecified atom stereocenters. The topological polar surface area (TPSA) is 43.4 Å². The molecule has 0 aliphatic heterocycles. The zero-order chi connectivity index (χ0) is 12.7. The molecule has 0 atom stereocenters. The molecule has 1 aromatic rings. The standard InChI is InChI=1S/C12H17FO3S/c1-2-3-8-16-9-10-17(14,15)12-7-5-4-6-11(12)13/h4-7H,2-3,8-10H2,1H3. The van der Waals surface area contributed by atoms with Crippen LogP contribution in [0.15, 0.2) is 29.2 Å². The fourth-order valence-corrected chi connectivity index (χ4v) is 2.53. The summed E-state index contributed by atoms with van der Waals surface area (Å²) < 4.78 is 42.0. The molecule has 0 aromatic heterocycles. The summed E-state index contributed by atoms with van der Waals surface area (Å²) in [5.74, 6) is -0.890. The van der Waals surface area contributed by atoms with E-state index in [4.69, 9.17) is 4.74 Å². The minimum absolute atomic E-state index is 0.108. The zero-order valence-electron chi connectivity index (χ0n) is 9.86. The van der Waals surface area contributed by atoms with Crippen LogP contribution in [0.4, 0.5) is 4.39 Å². The number of ether oxygens (including phenoxy) is 1. The van der Waals surface area contributed by atoms with Gasteiger partial charge in [-0.1, -0.05) is 25.5 Å². The molecule has 0 bridgehead atoms. The number of rotatable bonds is 7. The van der Waals surface area contributed by atoms with E-state index in [-0.39, 0.29) is 17.3 Å². The van der Waals surface area contributed by atoms with Gasteiger partial charge in [-0.15, -0.1) is 0 Å². The lowest BCUT2D eigenvalue weighted by molar-refractivity contribution is 0.146. The van der Waals surface area contributed by atoms with Gasteiger partial charge in [0.05, 0.1) is 12.4 Å². The molecule has 96 valence electrons. The van der Waals surface area contributed by atoms with E-state index >= 15 is 0 Å². The number of hydrogen-bond acceptors (Lipinski definition) is 3. The van der Waals surface area contributed by atoms with Crippen molar-refractivity contribution in [1.29, 1.82) is 0 Å². The summed E-state index contributed by atoms with van der Waals surface area (Å²) in [7, 11) is -3.58. The first-order valence-electron chi connectivity index (χ1n) is 5.63. The van der Waals surface area contributed by atoms with Gasteiger partial charge in [0.15, 0.2) is 9.84 Å². The molecule has 0 saturated carbocycles. The third-order valence-corrected chi connectivity index (χ3v) is 4.02. The van der Waals surface area contributed by atoms with Gasteiger partial charge in [-0.2, -0.15) is 0 Å². The van der Waals surface area contributed by atoms with E-state index in [0.29, 0.717) is 6.61 Å². The summed E-state index contributed by atoms with van der Waals surface area (Å²) in [6.07, 6.45) is 1.90. The Morgan fingerprint density at radius 1 is 1.24 bits per heavy atom. The third kappa shape index (κ3) is 4.44. The van der Waals surface area contributed by atoms with Crippen molar-refractivity contribution in [3.8, 4) is 0 Å². The minimum Gasteiger partial charge on any atom is -0.380 e. The van der Waals surface area contributed by atoms with Gasteiger partial charge < -0.3 is 4.74 Å². The molecular weight excluding hydrogens is 243 g/mol. The largest absolute Gasteiger partial charge is 0.380 e. The average molecular weight is 260 g/mol. The summed E-state index contributed by atoms with van der Waals surface area (Å²) in [6.45, 7) is 2.68. The number of unbranched alkanes of at least 4 members (excludes halogenated alkanes) is 1. The van der Waals surface area contributed by atoms with Crippen molar-refractivity contribution in [3.05, 3.63) is 30.1 Å². The maximum absolute atomic E-state index is 13.3. The smallest absolute Gasteiger partial charge is 0.183 e. The van der Waals surface area contributed by atoms with E-state index < -0.39 is 15.7 Å². The number of hydrogen-bond donors (Lipinski definition) is 0. The molecule has 0 aliphatic rings. The van der Waals surface area contributed by atoms with Crippen LogP contribution in [0.2, 0.25) is 0 Å². The van der Waals surface area contributed by atoms with Crippen LogP contribution in [0.25, 0.3) is 0 Å². The van der Waals surface area contributed by atoms with Gasteiger partial charge in [-0.3, -0.25) is 0 Å². The summed E-state index contributed by atoms with van der Waals surface area (Å²) in [4.78, 5) is -0.251. The maximum atomic E-state index is 13.3. The average Bonchev–Trinajstić information content (AvgIpc) is 2.29. The predicted molar refractivity (Wildman–Crippen MR) is 64.2 cm³/mol. The molecule has 0 fully saturated rings. The summed E-state index contributed by atoms with van der Waals surface area (Å²) in [5, 5.41) is 0. The first-order valence-corrected chi connectivity index (χ1v) is 7.28. The van der Waals surface area contributed by atoms with Crippen LogP contribution in [-0.4, -0.2) is 27.4 Å². The number of benzene rings is 1. The fourth-order valence-electron chi connectivity index (χ4n) is 1.32. The van der Waals surface area contributed by atoms with Gasteiger partial charge in [0, 0.05) is 6.61 Å². The van der Waals surface area contributed by atoms with Crippen molar-refractivity contribution in [2.24, 2.45) is 0 Å². The summed E-state index contributed by atoms with van der Waals surface area (Å²) >= 11 is 0. The molecule has 1 aromatic carbocycles. The number of sulfone groups is 1. The van der Waals surface area contributed by atoms with Crippen LogP contribution in [0.5, 0.6) is 0 Å². The Labute approximate surface area is 102 Å². The van der Waals surface area contributed by atoms with E-state index in [2.05, 4.69) is 0 Å². The van der Waals surface area contributed by atoms with Crippen LogP contribution in [-0.2, 0) is 14.6 Å². The zero-order valence-corrected chi connectivity index (χ0v) is 10.7. The van der Waals surface area contributed by atoms with E-state index in [1.54, 1.807) is 0 Å². The normalized spacial score (nSPS) is 11.6. The highest BCUT2D eigenvalue weighted by atomic mass is 32.2. The Hall–Kier alpha value is -0.940. The van der Waals surface area contributed by atoms with Crippen molar-refractivity contribution in [1.82, 2.24) is 0 Å². The molecule has 0 N–H and O–H groups in total. The molecule has 0 saturated heterocycles. The van der Waals surface area contributed by atoms with Crippen LogP contribution in [0.1, 0.15) is 19.8 Å². The first-order chi connectivity index (χ1) is 8.08. The molecule has 0 heterocycles. The lowest BCUT2D eigenvalue weighted by Gasteiger charge is -2.06. The number of halogens is 1. The van der Waals surface area contributed by atoms with Crippen LogP contribution >= 0.6 is 0 Å². The van der Waals surface area contributed by atoms with Gasteiger partial charge in [-0.25, -0.2) is 12.8 Å². The Kier molecular flexibility index (Phi) is 5.58. The van der Waals surface area contributed by atoms with Crippen molar-refractivity contribution in [3.63, 3.8) is 0 Å². The molecule has 0 spiro atoms. The monoisotopic (exact) mass is 260 g/mol. The molecule has 3 nitrogen and oxygen atoms in total. The van der Waals surface area contributed by atoms with Crippen molar-refractivity contribution < 1.29 is 17.5 Å².